The molecule has 1 rings (SSSR count). The average Bonchev–Trinajstić information content (AvgIpc) is 2.11. The van der Waals surface area contributed by atoms with Crippen molar-refractivity contribution in [1.82, 2.24) is 4.90 Å². The lowest BCUT2D eigenvalue weighted by Gasteiger charge is -2.34. The van der Waals surface area contributed by atoms with E-state index in [-0.39, 0.29) is 6.10 Å². The minimum atomic E-state index is -0.0915. The van der Waals surface area contributed by atoms with Crippen LogP contribution in [-0.2, 0) is 0 Å². The molecule has 13 heavy (non-hydrogen) atoms. The lowest BCUT2D eigenvalue weighted by Crippen LogP contribution is -2.42. The smallest absolute Gasteiger partial charge is 0.0590 e. The zero-order valence-corrected chi connectivity index (χ0v) is 8.79. The molecule has 1 N–H and O–H groups in total. The summed E-state index contributed by atoms with van der Waals surface area (Å²) in [7, 11) is 0. The van der Waals surface area contributed by atoms with Crippen molar-refractivity contribution >= 4 is 0 Å². The molecule has 1 aliphatic heterocycles. The van der Waals surface area contributed by atoms with Crippen molar-refractivity contribution in [3.05, 3.63) is 12.2 Å². The summed E-state index contributed by atoms with van der Waals surface area (Å²) in [4.78, 5) is 2.39. The fourth-order valence-electron chi connectivity index (χ4n) is 1.79. The van der Waals surface area contributed by atoms with Crippen LogP contribution in [0.1, 0.15) is 26.7 Å². The van der Waals surface area contributed by atoms with Crippen LogP contribution >= 0.6 is 0 Å². The molecule has 0 aromatic heterocycles. The van der Waals surface area contributed by atoms with Gasteiger partial charge in [0.05, 0.1) is 6.10 Å². The third-order valence-corrected chi connectivity index (χ3v) is 2.89. The Hall–Kier alpha value is -0.340. The van der Waals surface area contributed by atoms with Gasteiger partial charge in [-0.1, -0.05) is 26.0 Å². The van der Waals surface area contributed by atoms with Gasteiger partial charge in [0.25, 0.3) is 0 Å². The van der Waals surface area contributed by atoms with Crippen LogP contribution in [0.5, 0.6) is 0 Å². The van der Waals surface area contributed by atoms with Gasteiger partial charge in [0.15, 0.2) is 0 Å². The molecule has 2 heteroatoms. The Bertz CT molecular complexity index is 179. The molecule has 0 saturated carbocycles. The monoisotopic (exact) mass is 183 g/mol. The van der Waals surface area contributed by atoms with Gasteiger partial charge in [0.1, 0.15) is 0 Å². The molecule has 1 heterocycles. The zero-order chi connectivity index (χ0) is 9.84. The highest BCUT2D eigenvalue weighted by atomic mass is 16.3. The van der Waals surface area contributed by atoms with E-state index >= 15 is 0 Å². The fraction of sp³-hybridized carbons (Fsp3) is 0.818. The van der Waals surface area contributed by atoms with Gasteiger partial charge in [0.2, 0.25) is 0 Å². The fourth-order valence-corrected chi connectivity index (χ4v) is 1.79. The molecular formula is C11H21NO. The molecule has 0 spiro atoms. The predicted molar refractivity (Wildman–Crippen MR) is 55.7 cm³/mol. The maximum Gasteiger partial charge on any atom is 0.0590 e. The Balaban J connectivity index is 2.33. The number of piperidine rings is 1. The summed E-state index contributed by atoms with van der Waals surface area (Å²) < 4.78 is 0. The van der Waals surface area contributed by atoms with E-state index < -0.39 is 0 Å². The highest BCUT2D eigenvalue weighted by Crippen LogP contribution is 2.17. The number of likely N-dealkylation sites (tertiary alicyclic amines) is 1. The van der Waals surface area contributed by atoms with Crippen molar-refractivity contribution in [2.75, 3.05) is 19.6 Å². The molecule has 0 radical (unpaired) electrons. The van der Waals surface area contributed by atoms with E-state index in [4.69, 9.17) is 0 Å². The summed E-state index contributed by atoms with van der Waals surface area (Å²) in [5.41, 5.74) is 1.29. The number of hydrogen-bond donors (Lipinski definition) is 1. The zero-order valence-electron chi connectivity index (χ0n) is 8.79. The van der Waals surface area contributed by atoms with Gasteiger partial charge in [-0.3, -0.25) is 4.90 Å². The van der Waals surface area contributed by atoms with Crippen LogP contribution in [-0.4, -0.2) is 35.7 Å². The molecule has 0 bridgehead atoms. The molecule has 76 valence electrons. The first-order valence-electron chi connectivity index (χ1n) is 5.20. The van der Waals surface area contributed by atoms with E-state index in [0.29, 0.717) is 5.92 Å². The van der Waals surface area contributed by atoms with Crippen molar-refractivity contribution in [2.45, 2.75) is 32.8 Å². The molecular weight excluding hydrogens is 162 g/mol. The molecule has 0 aromatic carbocycles. The maximum absolute atomic E-state index is 9.54. The molecule has 1 aliphatic rings. The van der Waals surface area contributed by atoms with E-state index in [9.17, 15) is 5.11 Å². The van der Waals surface area contributed by atoms with Gasteiger partial charge in [-0.15, -0.1) is 0 Å². The number of nitrogens with zero attached hydrogens (tertiary/aromatic N) is 1. The van der Waals surface area contributed by atoms with Crippen LogP contribution in [0, 0.1) is 5.92 Å². The summed E-state index contributed by atoms with van der Waals surface area (Å²) in [6.45, 7) is 11.3. The predicted octanol–water partition coefficient (Wildman–Crippen LogP) is 1.66. The first kappa shape index (κ1) is 10.7. The SMILES string of the molecule is C=C(CC)CN1CCC(O)C(C)C1. The molecule has 0 aromatic rings. The second-order valence-corrected chi connectivity index (χ2v) is 4.17. The van der Waals surface area contributed by atoms with Gasteiger partial charge < -0.3 is 5.11 Å². The molecule has 1 fully saturated rings. The normalized spacial score (nSPS) is 30.4. The topological polar surface area (TPSA) is 23.5 Å². The summed E-state index contributed by atoms with van der Waals surface area (Å²) in [5.74, 6) is 0.415. The van der Waals surface area contributed by atoms with Gasteiger partial charge >= 0.3 is 0 Å². The van der Waals surface area contributed by atoms with Crippen LogP contribution in [0.4, 0.5) is 0 Å². The van der Waals surface area contributed by atoms with Crippen LogP contribution in [0.3, 0.4) is 0 Å². The second-order valence-electron chi connectivity index (χ2n) is 4.17. The average molecular weight is 183 g/mol. The van der Waals surface area contributed by atoms with E-state index in [2.05, 4.69) is 25.3 Å². The van der Waals surface area contributed by atoms with Gasteiger partial charge in [-0.05, 0) is 18.8 Å². The molecule has 0 amide bonds. The Labute approximate surface area is 81.2 Å². The van der Waals surface area contributed by atoms with Gasteiger partial charge in [-0.25, -0.2) is 0 Å². The lowest BCUT2D eigenvalue weighted by molar-refractivity contribution is 0.0385. The first-order chi connectivity index (χ1) is 6.13. The van der Waals surface area contributed by atoms with Crippen molar-refractivity contribution in [2.24, 2.45) is 5.92 Å². The largest absolute Gasteiger partial charge is 0.393 e. The highest BCUT2D eigenvalue weighted by Gasteiger charge is 2.23. The maximum atomic E-state index is 9.54. The van der Waals surface area contributed by atoms with Gasteiger partial charge in [0, 0.05) is 19.6 Å². The van der Waals surface area contributed by atoms with Crippen molar-refractivity contribution in [3.8, 4) is 0 Å². The molecule has 2 nitrogen and oxygen atoms in total. The Kier molecular flexibility index (Phi) is 3.94. The van der Waals surface area contributed by atoms with Crippen LogP contribution in [0.15, 0.2) is 12.2 Å². The van der Waals surface area contributed by atoms with E-state index in [0.717, 1.165) is 32.5 Å². The molecule has 2 atom stereocenters. The Morgan fingerprint density at radius 1 is 1.62 bits per heavy atom. The Morgan fingerprint density at radius 2 is 2.31 bits per heavy atom. The first-order valence-corrected chi connectivity index (χ1v) is 5.20. The number of hydrogen-bond acceptors (Lipinski definition) is 2. The highest BCUT2D eigenvalue weighted by molar-refractivity contribution is 4.97. The standard InChI is InChI=1S/C11H21NO/c1-4-9(2)7-12-6-5-11(13)10(3)8-12/h10-11,13H,2,4-8H2,1,3H3. The van der Waals surface area contributed by atoms with E-state index in [1.54, 1.807) is 0 Å². The summed E-state index contributed by atoms with van der Waals surface area (Å²) in [5, 5.41) is 9.54. The molecule has 1 saturated heterocycles. The second kappa shape index (κ2) is 4.77. The molecule has 0 aliphatic carbocycles. The Morgan fingerprint density at radius 3 is 2.85 bits per heavy atom. The number of aliphatic hydroxyl groups is 1. The van der Waals surface area contributed by atoms with Gasteiger partial charge in [-0.2, -0.15) is 0 Å². The van der Waals surface area contributed by atoms with E-state index in [1.165, 1.54) is 5.57 Å². The van der Waals surface area contributed by atoms with Crippen LogP contribution in [0.25, 0.3) is 0 Å². The van der Waals surface area contributed by atoms with Crippen LogP contribution in [0.2, 0.25) is 0 Å². The number of rotatable bonds is 3. The minimum Gasteiger partial charge on any atom is -0.393 e. The summed E-state index contributed by atoms with van der Waals surface area (Å²) >= 11 is 0. The van der Waals surface area contributed by atoms with Crippen molar-refractivity contribution < 1.29 is 5.11 Å². The quantitative estimate of drug-likeness (QED) is 0.673. The van der Waals surface area contributed by atoms with Crippen LogP contribution < -0.4 is 0 Å². The third kappa shape index (κ3) is 3.12. The number of aliphatic hydroxyl groups excluding tert-OH is 1. The minimum absolute atomic E-state index is 0.0915. The lowest BCUT2D eigenvalue weighted by atomic mass is 9.96. The third-order valence-electron chi connectivity index (χ3n) is 2.89. The van der Waals surface area contributed by atoms with E-state index in [1.807, 2.05) is 0 Å². The molecule has 2 unspecified atom stereocenters. The van der Waals surface area contributed by atoms with Crippen molar-refractivity contribution in [3.63, 3.8) is 0 Å². The summed E-state index contributed by atoms with van der Waals surface area (Å²) in [6.07, 6.45) is 1.89. The summed E-state index contributed by atoms with van der Waals surface area (Å²) in [6, 6.07) is 0. The van der Waals surface area contributed by atoms with Crippen molar-refractivity contribution in [1.29, 1.82) is 0 Å².